The van der Waals surface area contributed by atoms with Crippen LogP contribution >= 0.6 is 0 Å². The average molecular weight is 391 g/mol. The maximum atomic E-state index is 12.1. The first-order chi connectivity index (χ1) is 13.7. The molecule has 0 aromatic heterocycles. The number of benzene rings is 1. The lowest BCUT2D eigenvalue weighted by atomic mass is 10.1. The molecule has 0 saturated carbocycles. The summed E-state index contributed by atoms with van der Waals surface area (Å²) in [7, 11) is 0. The molecule has 2 heterocycles. The van der Waals surface area contributed by atoms with Crippen LogP contribution in [0, 0.1) is 0 Å². The number of hydrogen-bond acceptors (Lipinski definition) is 6. The van der Waals surface area contributed by atoms with E-state index >= 15 is 0 Å². The zero-order valence-electron chi connectivity index (χ0n) is 16.1. The fourth-order valence-electron chi connectivity index (χ4n) is 3.26. The number of carbonyl (C=O) groups is 2. The first kappa shape index (κ1) is 20.6. The summed E-state index contributed by atoms with van der Waals surface area (Å²) >= 11 is 0. The second-order valence-electron chi connectivity index (χ2n) is 7.04. The van der Waals surface area contributed by atoms with Crippen molar-refractivity contribution in [3.05, 3.63) is 29.8 Å². The van der Waals surface area contributed by atoms with Crippen molar-refractivity contribution in [3.63, 3.8) is 0 Å². The molecular formula is C20H29N3O5. The Morgan fingerprint density at radius 2 is 2.07 bits per heavy atom. The Hall–Kier alpha value is -2.16. The van der Waals surface area contributed by atoms with Crippen LogP contribution in [0.15, 0.2) is 24.3 Å². The summed E-state index contributed by atoms with van der Waals surface area (Å²) in [6, 6.07) is 7.44. The Bertz CT molecular complexity index is 642. The molecule has 3 rings (SSSR count). The van der Waals surface area contributed by atoms with E-state index < -0.39 is 0 Å². The molecule has 0 radical (unpaired) electrons. The van der Waals surface area contributed by atoms with Gasteiger partial charge in [-0.15, -0.1) is 0 Å². The summed E-state index contributed by atoms with van der Waals surface area (Å²) in [6.45, 7) is 3.56. The van der Waals surface area contributed by atoms with Gasteiger partial charge in [-0.3, -0.25) is 9.59 Å². The lowest BCUT2D eigenvalue weighted by Crippen LogP contribution is -2.44. The second kappa shape index (κ2) is 11.0. The van der Waals surface area contributed by atoms with Gasteiger partial charge in [-0.05, 0) is 18.9 Å². The van der Waals surface area contributed by atoms with Gasteiger partial charge in [0.05, 0.1) is 19.3 Å². The van der Waals surface area contributed by atoms with Crippen LogP contribution in [0.5, 0.6) is 5.75 Å². The minimum Gasteiger partial charge on any atom is -0.483 e. The molecular weight excluding hydrogens is 362 g/mol. The summed E-state index contributed by atoms with van der Waals surface area (Å²) in [5.74, 6) is 0.360. The Labute approximate surface area is 165 Å². The molecule has 154 valence electrons. The highest BCUT2D eigenvalue weighted by Crippen LogP contribution is 2.18. The lowest BCUT2D eigenvalue weighted by Gasteiger charge is -2.23. The Morgan fingerprint density at radius 3 is 2.86 bits per heavy atom. The van der Waals surface area contributed by atoms with Crippen molar-refractivity contribution >= 4 is 11.8 Å². The van der Waals surface area contributed by atoms with Gasteiger partial charge in [0.2, 0.25) is 5.91 Å². The molecule has 28 heavy (non-hydrogen) atoms. The van der Waals surface area contributed by atoms with Crippen molar-refractivity contribution in [3.8, 4) is 5.75 Å². The molecule has 2 amide bonds. The number of ether oxygens (including phenoxy) is 3. The van der Waals surface area contributed by atoms with Gasteiger partial charge < -0.3 is 30.2 Å². The average Bonchev–Trinajstić information content (AvgIpc) is 3.24. The Kier molecular flexibility index (Phi) is 8.07. The minimum absolute atomic E-state index is 0.0489. The number of para-hydroxylation sites is 1. The van der Waals surface area contributed by atoms with E-state index in [4.69, 9.17) is 14.2 Å². The minimum atomic E-state index is -0.183. The molecule has 8 heteroatoms. The fourth-order valence-corrected chi connectivity index (χ4v) is 3.26. The molecule has 2 aliphatic rings. The molecule has 2 unspecified atom stereocenters. The zero-order chi connectivity index (χ0) is 19.6. The fraction of sp³-hybridized carbons (Fsp3) is 0.600. The highest BCUT2D eigenvalue weighted by atomic mass is 16.5. The van der Waals surface area contributed by atoms with E-state index in [1.165, 1.54) is 0 Å². The number of amides is 2. The second-order valence-corrected chi connectivity index (χ2v) is 7.04. The molecule has 1 aromatic carbocycles. The van der Waals surface area contributed by atoms with Crippen molar-refractivity contribution in [2.75, 3.05) is 39.5 Å². The Balaban J connectivity index is 1.40. The third-order valence-corrected chi connectivity index (χ3v) is 4.79. The van der Waals surface area contributed by atoms with Crippen LogP contribution in [0.2, 0.25) is 0 Å². The predicted octanol–water partition coefficient (Wildman–Crippen LogP) is 0.355. The van der Waals surface area contributed by atoms with Gasteiger partial charge in [0.15, 0.2) is 6.61 Å². The molecule has 0 spiro atoms. The Morgan fingerprint density at radius 1 is 1.18 bits per heavy atom. The number of morpholine rings is 1. The molecule has 2 saturated heterocycles. The molecule has 0 aliphatic carbocycles. The zero-order valence-corrected chi connectivity index (χ0v) is 16.1. The highest BCUT2D eigenvalue weighted by Gasteiger charge is 2.18. The molecule has 1 aromatic rings. The molecule has 2 atom stereocenters. The maximum Gasteiger partial charge on any atom is 0.258 e. The number of rotatable bonds is 9. The van der Waals surface area contributed by atoms with Crippen LogP contribution in [0.4, 0.5) is 0 Å². The third-order valence-electron chi connectivity index (χ3n) is 4.79. The summed E-state index contributed by atoms with van der Waals surface area (Å²) in [5.41, 5.74) is 0.829. The van der Waals surface area contributed by atoms with E-state index in [0.29, 0.717) is 38.5 Å². The summed E-state index contributed by atoms with van der Waals surface area (Å²) in [5, 5.41) is 9.00. The van der Waals surface area contributed by atoms with Gasteiger partial charge in [0.25, 0.3) is 5.91 Å². The summed E-state index contributed by atoms with van der Waals surface area (Å²) in [6.07, 6.45) is 2.50. The molecule has 2 aliphatic heterocycles. The van der Waals surface area contributed by atoms with Crippen molar-refractivity contribution < 1.29 is 23.8 Å². The standard InChI is InChI=1S/C20H29N3O5/c24-19(10-16-13-26-9-7-21-16)22-11-15-4-1-2-6-18(15)28-14-20(25)23-12-17-5-3-8-27-17/h1-2,4,6,16-17,21H,3,5,7-14H2,(H,22,24)(H,23,25). The van der Waals surface area contributed by atoms with Crippen LogP contribution < -0.4 is 20.7 Å². The number of nitrogens with one attached hydrogen (secondary N) is 3. The number of carbonyl (C=O) groups excluding carboxylic acids is 2. The van der Waals surface area contributed by atoms with Crippen molar-refractivity contribution in [2.45, 2.75) is 38.0 Å². The van der Waals surface area contributed by atoms with Crippen LogP contribution in [-0.4, -0.2) is 63.5 Å². The van der Waals surface area contributed by atoms with E-state index in [9.17, 15) is 9.59 Å². The molecule has 0 bridgehead atoms. The van der Waals surface area contributed by atoms with Gasteiger partial charge in [-0.25, -0.2) is 0 Å². The van der Waals surface area contributed by atoms with Crippen LogP contribution in [-0.2, 0) is 25.6 Å². The lowest BCUT2D eigenvalue weighted by molar-refractivity contribution is -0.124. The number of hydrogen-bond donors (Lipinski definition) is 3. The van der Waals surface area contributed by atoms with Gasteiger partial charge >= 0.3 is 0 Å². The van der Waals surface area contributed by atoms with Crippen molar-refractivity contribution in [1.82, 2.24) is 16.0 Å². The van der Waals surface area contributed by atoms with Crippen molar-refractivity contribution in [2.24, 2.45) is 0 Å². The largest absolute Gasteiger partial charge is 0.483 e. The quantitative estimate of drug-likeness (QED) is 0.562. The van der Waals surface area contributed by atoms with Crippen LogP contribution in [0.25, 0.3) is 0 Å². The normalized spacial score (nSPS) is 21.9. The van der Waals surface area contributed by atoms with E-state index in [0.717, 1.165) is 31.6 Å². The maximum absolute atomic E-state index is 12.1. The van der Waals surface area contributed by atoms with Crippen LogP contribution in [0.1, 0.15) is 24.8 Å². The monoisotopic (exact) mass is 391 g/mol. The van der Waals surface area contributed by atoms with E-state index in [-0.39, 0.29) is 30.6 Å². The van der Waals surface area contributed by atoms with E-state index in [1.54, 1.807) is 6.07 Å². The van der Waals surface area contributed by atoms with E-state index in [2.05, 4.69) is 16.0 Å². The van der Waals surface area contributed by atoms with Gasteiger partial charge in [-0.1, -0.05) is 18.2 Å². The summed E-state index contributed by atoms with van der Waals surface area (Å²) < 4.78 is 16.5. The molecule has 2 fully saturated rings. The molecule has 8 nitrogen and oxygen atoms in total. The van der Waals surface area contributed by atoms with E-state index in [1.807, 2.05) is 18.2 Å². The third kappa shape index (κ3) is 6.78. The van der Waals surface area contributed by atoms with Crippen molar-refractivity contribution in [1.29, 1.82) is 0 Å². The van der Waals surface area contributed by atoms with Gasteiger partial charge in [0, 0.05) is 44.3 Å². The highest BCUT2D eigenvalue weighted by molar-refractivity contribution is 5.78. The predicted molar refractivity (Wildman–Crippen MR) is 103 cm³/mol. The first-order valence-electron chi connectivity index (χ1n) is 9.87. The van der Waals surface area contributed by atoms with Gasteiger partial charge in [-0.2, -0.15) is 0 Å². The summed E-state index contributed by atoms with van der Waals surface area (Å²) in [4.78, 5) is 24.1. The smallest absolute Gasteiger partial charge is 0.258 e. The SMILES string of the molecule is O=C(COc1ccccc1CNC(=O)CC1COCCN1)NCC1CCCO1. The molecule has 3 N–H and O–H groups in total. The topological polar surface area (TPSA) is 97.9 Å². The van der Waals surface area contributed by atoms with Gasteiger partial charge in [0.1, 0.15) is 5.75 Å². The first-order valence-corrected chi connectivity index (χ1v) is 9.87. The van der Waals surface area contributed by atoms with Crippen LogP contribution in [0.3, 0.4) is 0 Å².